The van der Waals surface area contributed by atoms with Crippen molar-refractivity contribution in [2.24, 2.45) is 11.8 Å². The van der Waals surface area contributed by atoms with E-state index in [9.17, 15) is 9.59 Å². The monoisotopic (exact) mass is 241 g/mol. The Morgan fingerprint density at radius 1 is 1.24 bits per heavy atom. The largest absolute Gasteiger partial charge is 0.342 e. The molecule has 0 saturated carbocycles. The number of hydrogen-bond donors (Lipinski definition) is 0. The van der Waals surface area contributed by atoms with Crippen molar-refractivity contribution in [3.8, 4) is 0 Å². The lowest BCUT2D eigenvalue weighted by molar-refractivity contribution is -0.141. The number of nitrogens with zero attached hydrogens (tertiary/aromatic N) is 3. The molecule has 1 fully saturated rings. The van der Waals surface area contributed by atoms with Crippen LogP contribution in [0.25, 0.3) is 0 Å². The third-order valence-electron chi connectivity index (χ3n) is 3.00. The summed E-state index contributed by atoms with van der Waals surface area (Å²) in [6, 6.07) is 0.0126. The average molecular weight is 241 g/mol. The van der Waals surface area contributed by atoms with Gasteiger partial charge in [-0.25, -0.2) is 4.79 Å². The molecule has 0 aliphatic carbocycles. The molecular formula is C12H23N3O2. The van der Waals surface area contributed by atoms with Crippen LogP contribution in [0, 0.1) is 11.8 Å². The van der Waals surface area contributed by atoms with E-state index in [1.54, 1.807) is 30.9 Å². The Kier molecular flexibility index (Phi) is 4.37. The maximum Gasteiger partial charge on any atom is 0.319 e. The number of rotatable bonds is 3. The number of carbonyl (C=O) groups excluding carboxylic acids is 2. The zero-order valence-electron chi connectivity index (χ0n) is 11.4. The van der Waals surface area contributed by atoms with Crippen LogP contribution in [-0.2, 0) is 4.79 Å². The van der Waals surface area contributed by atoms with Crippen molar-refractivity contribution in [1.82, 2.24) is 14.7 Å². The molecule has 0 N–H and O–H groups in total. The van der Waals surface area contributed by atoms with E-state index in [0.717, 1.165) is 19.6 Å². The second-order valence-corrected chi connectivity index (χ2v) is 5.32. The Morgan fingerprint density at radius 2 is 1.76 bits per heavy atom. The van der Waals surface area contributed by atoms with E-state index in [1.165, 1.54) is 0 Å². The summed E-state index contributed by atoms with van der Waals surface area (Å²) < 4.78 is 0. The molecule has 1 rings (SSSR count). The molecule has 0 aromatic heterocycles. The highest BCUT2D eigenvalue weighted by molar-refractivity contribution is 5.79. The molecule has 1 aliphatic heterocycles. The maximum absolute atomic E-state index is 11.6. The highest BCUT2D eigenvalue weighted by Crippen LogP contribution is 2.19. The fraction of sp³-hybridized carbons (Fsp3) is 0.833. The first-order chi connectivity index (χ1) is 7.82. The SMILES string of the molecule is CC(C)C(=O)N1CC(CN(C)C(=O)N(C)C)C1. The van der Waals surface area contributed by atoms with Crippen molar-refractivity contribution in [1.29, 1.82) is 0 Å². The molecule has 1 heterocycles. The molecule has 5 heteroatoms. The quantitative estimate of drug-likeness (QED) is 0.730. The lowest BCUT2D eigenvalue weighted by Crippen LogP contribution is -2.55. The highest BCUT2D eigenvalue weighted by atomic mass is 16.2. The zero-order chi connectivity index (χ0) is 13.2. The van der Waals surface area contributed by atoms with E-state index in [2.05, 4.69) is 0 Å². The lowest BCUT2D eigenvalue weighted by atomic mass is 9.97. The van der Waals surface area contributed by atoms with Gasteiger partial charge in [0.25, 0.3) is 0 Å². The van der Waals surface area contributed by atoms with E-state index in [0.29, 0.717) is 5.92 Å². The van der Waals surface area contributed by atoms with Gasteiger partial charge in [-0.2, -0.15) is 0 Å². The summed E-state index contributed by atoms with van der Waals surface area (Å²) in [4.78, 5) is 28.4. The van der Waals surface area contributed by atoms with Crippen molar-refractivity contribution in [3.63, 3.8) is 0 Å². The molecular weight excluding hydrogens is 218 g/mol. The summed E-state index contributed by atoms with van der Waals surface area (Å²) in [5, 5.41) is 0. The highest BCUT2D eigenvalue weighted by Gasteiger charge is 2.33. The van der Waals surface area contributed by atoms with Crippen LogP contribution in [0.4, 0.5) is 4.79 Å². The van der Waals surface area contributed by atoms with Gasteiger partial charge in [0.15, 0.2) is 0 Å². The molecule has 0 bridgehead atoms. The third kappa shape index (κ3) is 3.35. The molecule has 0 aromatic rings. The average Bonchev–Trinajstić information content (AvgIpc) is 2.19. The first kappa shape index (κ1) is 13.8. The minimum Gasteiger partial charge on any atom is -0.342 e. The first-order valence-electron chi connectivity index (χ1n) is 6.04. The molecule has 0 unspecified atom stereocenters. The molecule has 0 radical (unpaired) electrons. The van der Waals surface area contributed by atoms with Gasteiger partial charge in [0.1, 0.15) is 0 Å². The standard InChI is InChI=1S/C12H23N3O2/c1-9(2)11(16)15-7-10(8-15)6-14(5)12(17)13(3)4/h9-10H,6-8H2,1-5H3. The number of hydrogen-bond acceptors (Lipinski definition) is 2. The van der Waals surface area contributed by atoms with Crippen LogP contribution >= 0.6 is 0 Å². The third-order valence-corrected chi connectivity index (χ3v) is 3.00. The van der Waals surface area contributed by atoms with Crippen LogP contribution in [0.3, 0.4) is 0 Å². The number of urea groups is 1. The van der Waals surface area contributed by atoms with Gasteiger partial charge in [-0.05, 0) is 0 Å². The van der Waals surface area contributed by atoms with Crippen molar-refractivity contribution in [2.45, 2.75) is 13.8 Å². The molecule has 1 saturated heterocycles. The minimum absolute atomic E-state index is 0.0126. The maximum atomic E-state index is 11.6. The van der Waals surface area contributed by atoms with Gasteiger partial charge in [-0.1, -0.05) is 13.8 Å². The minimum atomic E-state index is 0.0126. The Labute approximate surface area is 103 Å². The predicted octanol–water partition coefficient (Wildman–Crippen LogP) is 0.714. The van der Waals surface area contributed by atoms with Gasteiger partial charge in [0, 0.05) is 52.6 Å². The Morgan fingerprint density at radius 3 is 2.18 bits per heavy atom. The normalized spacial score (nSPS) is 15.8. The molecule has 17 heavy (non-hydrogen) atoms. The zero-order valence-corrected chi connectivity index (χ0v) is 11.4. The van der Waals surface area contributed by atoms with Gasteiger partial charge in [-0.3, -0.25) is 4.79 Å². The van der Waals surface area contributed by atoms with Crippen molar-refractivity contribution >= 4 is 11.9 Å². The van der Waals surface area contributed by atoms with Gasteiger partial charge >= 0.3 is 6.03 Å². The van der Waals surface area contributed by atoms with Crippen LogP contribution in [0.1, 0.15) is 13.8 Å². The van der Waals surface area contributed by atoms with Crippen molar-refractivity contribution < 1.29 is 9.59 Å². The van der Waals surface area contributed by atoms with Crippen LogP contribution < -0.4 is 0 Å². The van der Waals surface area contributed by atoms with Crippen LogP contribution in [0.15, 0.2) is 0 Å². The van der Waals surface area contributed by atoms with E-state index in [4.69, 9.17) is 0 Å². The molecule has 3 amide bonds. The molecule has 0 spiro atoms. The topological polar surface area (TPSA) is 43.9 Å². The Bertz CT molecular complexity index is 296. The fourth-order valence-electron chi connectivity index (χ4n) is 2.04. The van der Waals surface area contributed by atoms with Crippen LogP contribution in [0.2, 0.25) is 0 Å². The van der Waals surface area contributed by atoms with Gasteiger partial charge < -0.3 is 14.7 Å². The summed E-state index contributed by atoms with van der Waals surface area (Å²) >= 11 is 0. The van der Waals surface area contributed by atoms with Gasteiger partial charge in [0.2, 0.25) is 5.91 Å². The van der Waals surface area contributed by atoms with Crippen molar-refractivity contribution in [2.75, 3.05) is 40.8 Å². The van der Waals surface area contributed by atoms with E-state index >= 15 is 0 Å². The number of likely N-dealkylation sites (tertiary alicyclic amines) is 1. The number of carbonyl (C=O) groups is 2. The predicted molar refractivity (Wildman–Crippen MR) is 66.6 cm³/mol. The van der Waals surface area contributed by atoms with Gasteiger partial charge in [0.05, 0.1) is 0 Å². The summed E-state index contributed by atoms with van der Waals surface area (Å²) in [6.45, 7) is 6.11. The van der Waals surface area contributed by atoms with Gasteiger partial charge in [-0.15, -0.1) is 0 Å². The van der Waals surface area contributed by atoms with E-state index in [1.807, 2.05) is 18.7 Å². The molecule has 5 nitrogen and oxygen atoms in total. The Balaban J connectivity index is 2.30. The lowest BCUT2D eigenvalue weighted by Gasteiger charge is -2.42. The first-order valence-corrected chi connectivity index (χ1v) is 6.04. The second kappa shape index (κ2) is 5.38. The number of amides is 3. The summed E-state index contributed by atoms with van der Waals surface area (Å²) in [5.41, 5.74) is 0. The second-order valence-electron chi connectivity index (χ2n) is 5.32. The molecule has 1 aliphatic rings. The molecule has 98 valence electrons. The van der Waals surface area contributed by atoms with E-state index < -0.39 is 0 Å². The Hall–Kier alpha value is -1.26. The summed E-state index contributed by atoms with van der Waals surface area (Å²) in [5.74, 6) is 0.700. The van der Waals surface area contributed by atoms with E-state index in [-0.39, 0.29) is 17.9 Å². The van der Waals surface area contributed by atoms with Crippen LogP contribution in [0.5, 0.6) is 0 Å². The summed E-state index contributed by atoms with van der Waals surface area (Å²) in [6.07, 6.45) is 0. The smallest absolute Gasteiger partial charge is 0.319 e. The van der Waals surface area contributed by atoms with Crippen molar-refractivity contribution in [3.05, 3.63) is 0 Å². The molecule has 0 aromatic carbocycles. The fourth-order valence-corrected chi connectivity index (χ4v) is 2.04. The summed E-state index contributed by atoms with van der Waals surface area (Å²) in [7, 11) is 5.29. The molecule has 0 atom stereocenters. The van der Waals surface area contributed by atoms with Crippen LogP contribution in [-0.4, -0.2) is 67.4 Å².